The molecule has 0 fully saturated rings. The van der Waals surface area contributed by atoms with Crippen LogP contribution >= 0.6 is 0 Å². The van der Waals surface area contributed by atoms with Crippen LogP contribution in [0.1, 0.15) is 129 Å². The lowest BCUT2D eigenvalue weighted by molar-refractivity contribution is -0.144. The van der Waals surface area contributed by atoms with Crippen LogP contribution < -0.4 is 10.6 Å². The summed E-state index contributed by atoms with van der Waals surface area (Å²) in [4.78, 5) is 46.8. The van der Waals surface area contributed by atoms with Gasteiger partial charge in [-0.25, -0.2) is 4.79 Å². The standard InChI is InChI=1S/C27H50N2O6/c1-4-5-6-7-8-9-10-11-12-13-14-15-16-17-18-19-24(30)28-22(2)26(32)29-23(27(33)34)20-21-25(31)35-3/h22-23H,4-21H2,1-3H3,(H,28,30)(H,29,32)(H,33,34)/t22-,23+/m0/s1. The summed E-state index contributed by atoms with van der Waals surface area (Å²) in [5.74, 6) is -2.59. The Balaban J connectivity index is 3.75. The van der Waals surface area contributed by atoms with Crippen molar-refractivity contribution in [2.75, 3.05) is 7.11 Å². The van der Waals surface area contributed by atoms with Crippen LogP contribution in [0.3, 0.4) is 0 Å². The number of ether oxygens (including phenoxy) is 1. The van der Waals surface area contributed by atoms with E-state index in [1.54, 1.807) is 0 Å². The predicted molar refractivity (Wildman–Crippen MR) is 138 cm³/mol. The van der Waals surface area contributed by atoms with Gasteiger partial charge in [0, 0.05) is 12.8 Å². The molecule has 0 bridgehead atoms. The molecule has 2 atom stereocenters. The Kier molecular flexibility index (Phi) is 21.0. The highest BCUT2D eigenvalue weighted by atomic mass is 16.5. The van der Waals surface area contributed by atoms with Crippen molar-refractivity contribution in [3.8, 4) is 0 Å². The van der Waals surface area contributed by atoms with Crippen LogP contribution in [0.25, 0.3) is 0 Å². The maximum atomic E-state index is 12.2. The van der Waals surface area contributed by atoms with Gasteiger partial charge in [-0.2, -0.15) is 0 Å². The number of amides is 2. The summed E-state index contributed by atoms with van der Waals surface area (Å²) in [6.45, 7) is 3.76. The predicted octanol–water partition coefficient (Wildman–Crippen LogP) is 5.28. The monoisotopic (exact) mass is 498 g/mol. The van der Waals surface area contributed by atoms with Gasteiger partial charge in [0.25, 0.3) is 0 Å². The van der Waals surface area contributed by atoms with Gasteiger partial charge in [-0.1, -0.05) is 96.8 Å². The molecule has 0 aliphatic carbocycles. The Morgan fingerprint density at radius 2 is 1.17 bits per heavy atom. The third-order valence-electron chi connectivity index (χ3n) is 6.26. The molecule has 0 aromatic heterocycles. The summed E-state index contributed by atoms with van der Waals surface area (Å²) >= 11 is 0. The molecule has 0 radical (unpaired) electrons. The van der Waals surface area contributed by atoms with Crippen molar-refractivity contribution in [1.82, 2.24) is 10.6 Å². The number of aliphatic carboxylic acids is 1. The van der Waals surface area contributed by atoms with E-state index in [2.05, 4.69) is 22.3 Å². The number of esters is 1. The number of carboxylic acid groups (broad SMARTS) is 1. The van der Waals surface area contributed by atoms with E-state index in [4.69, 9.17) is 0 Å². The highest BCUT2D eigenvalue weighted by Gasteiger charge is 2.24. The quantitative estimate of drug-likeness (QED) is 0.130. The second-order valence-corrected chi connectivity index (χ2v) is 9.50. The maximum absolute atomic E-state index is 12.2. The molecule has 8 nitrogen and oxygen atoms in total. The molecule has 3 N–H and O–H groups in total. The Bertz CT molecular complexity index is 596. The van der Waals surface area contributed by atoms with E-state index in [1.165, 1.54) is 91.1 Å². The number of hydrogen-bond acceptors (Lipinski definition) is 5. The van der Waals surface area contributed by atoms with Crippen molar-refractivity contribution in [3.05, 3.63) is 0 Å². The van der Waals surface area contributed by atoms with Crippen LogP contribution in [-0.2, 0) is 23.9 Å². The summed E-state index contributed by atoms with van der Waals surface area (Å²) in [7, 11) is 1.22. The first kappa shape index (κ1) is 32.9. The SMILES string of the molecule is CCCCCCCCCCCCCCCCCC(=O)N[C@@H](C)C(=O)N[C@H](CCC(=O)OC)C(=O)O. The molecule has 0 aliphatic heterocycles. The molecular formula is C27H50N2O6. The normalized spacial score (nSPS) is 12.5. The Morgan fingerprint density at radius 1 is 0.714 bits per heavy atom. The lowest BCUT2D eigenvalue weighted by atomic mass is 10.0. The molecule has 0 saturated heterocycles. The van der Waals surface area contributed by atoms with Gasteiger partial charge in [-0.15, -0.1) is 0 Å². The first-order chi connectivity index (χ1) is 16.8. The van der Waals surface area contributed by atoms with Gasteiger partial charge in [0.15, 0.2) is 0 Å². The van der Waals surface area contributed by atoms with Gasteiger partial charge in [-0.05, 0) is 19.8 Å². The number of methoxy groups -OCH3 is 1. The topological polar surface area (TPSA) is 122 Å². The number of rotatable bonds is 23. The molecule has 0 rings (SSSR count). The Hall–Kier alpha value is -2.12. The molecule has 204 valence electrons. The summed E-state index contributed by atoms with van der Waals surface area (Å²) < 4.78 is 4.49. The average molecular weight is 499 g/mol. The molecule has 8 heteroatoms. The summed E-state index contributed by atoms with van der Waals surface area (Å²) in [5, 5.41) is 14.2. The van der Waals surface area contributed by atoms with Crippen LogP contribution in [-0.4, -0.2) is 48.1 Å². The first-order valence-electron chi connectivity index (χ1n) is 13.7. The molecule has 0 aromatic rings. The molecule has 35 heavy (non-hydrogen) atoms. The van der Waals surface area contributed by atoms with Crippen molar-refractivity contribution in [2.45, 2.75) is 142 Å². The molecule has 0 spiro atoms. The van der Waals surface area contributed by atoms with Gasteiger partial charge in [0.1, 0.15) is 12.1 Å². The minimum Gasteiger partial charge on any atom is -0.480 e. The molecule has 0 heterocycles. The van der Waals surface area contributed by atoms with Crippen LogP contribution in [0, 0.1) is 0 Å². The molecule has 2 amide bonds. The maximum Gasteiger partial charge on any atom is 0.326 e. The molecule has 0 aliphatic rings. The zero-order valence-corrected chi connectivity index (χ0v) is 22.4. The van der Waals surface area contributed by atoms with E-state index in [0.29, 0.717) is 6.42 Å². The van der Waals surface area contributed by atoms with Crippen LogP contribution in [0.4, 0.5) is 0 Å². The van der Waals surface area contributed by atoms with Crippen molar-refractivity contribution in [2.24, 2.45) is 0 Å². The van der Waals surface area contributed by atoms with E-state index in [9.17, 15) is 24.3 Å². The molecule has 0 saturated carbocycles. The van der Waals surface area contributed by atoms with Gasteiger partial charge >= 0.3 is 11.9 Å². The van der Waals surface area contributed by atoms with Gasteiger partial charge in [0.2, 0.25) is 11.8 Å². The summed E-state index contributed by atoms with van der Waals surface area (Å²) in [6.07, 6.45) is 19.0. The fourth-order valence-corrected chi connectivity index (χ4v) is 3.95. The zero-order chi connectivity index (χ0) is 26.3. The van der Waals surface area contributed by atoms with Gasteiger partial charge in [0.05, 0.1) is 7.11 Å². The fourth-order valence-electron chi connectivity index (χ4n) is 3.95. The number of unbranched alkanes of at least 4 members (excludes halogenated alkanes) is 14. The number of carbonyl (C=O) groups excluding carboxylic acids is 3. The average Bonchev–Trinajstić information content (AvgIpc) is 2.83. The molecule has 0 aromatic carbocycles. The van der Waals surface area contributed by atoms with Crippen LogP contribution in [0.15, 0.2) is 0 Å². The minimum atomic E-state index is -1.24. The van der Waals surface area contributed by atoms with Crippen molar-refractivity contribution in [1.29, 1.82) is 0 Å². The summed E-state index contributed by atoms with van der Waals surface area (Å²) in [6, 6.07) is -2.06. The number of nitrogens with one attached hydrogen (secondary N) is 2. The second kappa shape index (κ2) is 22.4. The third-order valence-corrected chi connectivity index (χ3v) is 6.26. The van der Waals surface area contributed by atoms with Crippen molar-refractivity contribution < 1.29 is 29.0 Å². The smallest absolute Gasteiger partial charge is 0.326 e. The van der Waals surface area contributed by atoms with Gasteiger partial charge in [-0.3, -0.25) is 14.4 Å². The highest BCUT2D eigenvalue weighted by Crippen LogP contribution is 2.13. The zero-order valence-electron chi connectivity index (χ0n) is 22.4. The Morgan fingerprint density at radius 3 is 1.60 bits per heavy atom. The minimum absolute atomic E-state index is 0.0759. The largest absolute Gasteiger partial charge is 0.480 e. The van der Waals surface area contributed by atoms with E-state index < -0.39 is 29.9 Å². The van der Waals surface area contributed by atoms with Crippen LogP contribution in [0.2, 0.25) is 0 Å². The lowest BCUT2D eigenvalue weighted by Gasteiger charge is -2.18. The fraction of sp³-hybridized carbons (Fsp3) is 0.852. The van der Waals surface area contributed by atoms with E-state index in [-0.39, 0.29) is 18.7 Å². The van der Waals surface area contributed by atoms with E-state index in [1.807, 2.05) is 0 Å². The lowest BCUT2D eigenvalue weighted by Crippen LogP contribution is -2.50. The number of carbonyl (C=O) groups is 4. The van der Waals surface area contributed by atoms with E-state index in [0.717, 1.165) is 19.3 Å². The highest BCUT2D eigenvalue weighted by molar-refractivity contribution is 5.90. The van der Waals surface area contributed by atoms with E-state index >= 15 is 0 Å². The second-order valence-electron chi connectivity index (χ2n) is 9.50. The summed E-state index contributed by atoms with van der Waals surface area (Å²) in [5.41, 5.74) is 0. The number of hydrogen-bond donors (Lipinski definition) is 3. The molecule has 0 unspecified atom stereocenters. The Labute approximate surface area is 212 Å². The third kappa shape index (κ3) is 19.8. The first-order valence-corrected chi connectivity index (χ1v) is 13.7. The van der Waals surface area contributed by atoms with Crippen molar-refractivity contribution in [3.63, 3.8) is 0 Å². The van der Waals surface area contributed by atoms with Gasteiger partial charge < -0.3 is 20.5 Å². The van der Waals surface area contributed by atoms with Crippen LogP contribution in [0.5, 0.6) is 0 Å². The number of carboxylic acids is 1. The van der Waals surface area contributed by atoms with Crippen molar-refractivity contribution >= 4 is 23.8 Å². The molecular weight excluding hydrogens is 448 g/mol.